The molecule has 0 bridgehead atoms. The number of hydrogen-bond donors (Lipinski definition) is 0. The zero-order valence-electron chi connectivity index (χ0n) is 23.1. The predicted octanol–water partition coefficient (Wildman–Crippen LogP) is 5.44. The lowest BCUT2D eigenvalue weighted by atomic mass is 10.0. The van der Waals surface area contributed by atoms with Gasteiger partial charge in [0.2, 0.25) is 5.91 Å². The quantitative estimate of drug-likeness (QED) is 0.390. The SMILES string of the molecule is CC(C)COc1ccc(CC(=O)N(Cc2ccc(F)cc2)C2CCN(CCC3OCCC(C)O3)CC2)cc1. The van der Waals surface area contributed by atoms with E-state index in [1.165, 1.54) is 12.1 Å². The van der Waals surface area contributed by atoms with Crippen LogP contribution < -0.4 is 4.74 Å². The number of halogens is 1. The van der Waals surface area contributed by atoms with Gasteiger partial charge in [-0.2, -0.15) is 0 Å². The van der Waals surface area contributed by atoms with Gasteiger partial charge in [-0.3, -0.25) is 4.79 Å². The average molecular weight is 527 g/mol. The molecule has 2 aliphatic rings. The minimum Gasteiger partial charge on any atom is -0.493 e. The third-order valence-corrected chi connectivity index (χ3v) is 7.34. The summed E-state index contributed by atoms with van der Waals surface area (Å²) < 4.78 is 31.0. The second kappa shape index (κ2) is 14.1. The summed E-state index contributed by atoms with van der Waals surface area (Å²) >= 11 is 0. The first-order chi connectivity index (χ1) is 18.4. The molecule has 2 fully saturated rings. The summed E-state index contributed by atoms with van der Waals surface area (Å²) in [5.74, 6) is 1.12. The largest absolute Gasteiger partial charge is 0.493 e. The molecular formula is C31H43FN2O4. The van der Waals surface area contributed by atoms with E-state index in [0.29, 0.717) is 25.5 Å². The molecule has 0 radical (unpaired) electrons. The van der Waals surface area contributed by atoms with Crippen molar-refractivity contribution in [1.29, 1.82) is 0 Å². The molecule has 2 atom stereocenters. The number of benzene rings is 2. The van der Waals surface area contributed by atoms with Gasteiger partial charge in [-0.25, -0.2) is 4.39 Å². The fraction of sp³-hybridized carbons (Fsp3) is 0.581. The number of piperidine rings is 1. The van der Waals surface area contributed by atoms with E-state index in [2.05, 4.69) is 25.7 Å². The molecule has 7 heteroatoms. The molecule has 0 saturated carbocycles. The summed E-state index contributed by atoms with van der Waals surface area (Å²) in [6.07, 6.45) is 4.12. The van der Waals surface area contributed by atoms with Gasteiger partial charge in [0.15, 0.2) is 6.29 Å². The Kier molecular flexibility index (Phi) is 10.6. The third kappa shape index (κ3) is 8.79. The van der Waals surface area contributed by atoms with E-state index in [-0.39, 0.29) is 30.2 Å². The topological polar surface area (TPSA) is 51.2 Å². The first-order valence-corrected chi connectivity index (χ1v) is 14.1. The summed E-state index contributed by atoms with van der Waals surface area (Å²) in [6, 6.07) is 14.5. The Morgan fingerprint density at radius 1 is 1.05 bits per heavy atom. The van der Waals surface area contributed by atoms with Gasteiger partial charge in [-0.05, 0) is 67.5 Å². The van der Waals surface area contributed by atoms with Crippen molar-refractivity contribution >= 4 is 5.91 Å². The Labute approximate surface area is 227 Å². The lowest BCUT2D eigenvalue weighted by molar-refractivity contribution is -0.211. The molecule has 2 saturated heterocycles. The monoisotopic (exact) mass is 526 g/mol. The van der Waals surface area contributed by atoms with Crippen molar-refractivity contribution in [3.63, 3.8) is 0 Å². The molecule has 6 nitrogen and oxygen atoms in total. The fourth-order valence-electron chi connectivity index (χ4n) is 5.08. The molecule has 2 aromatic carbocycles. The summed E-state index contributed by atoms with van der Waals surface area (Å²) in [5, 5.41) is 0. The zero-order chi connectivity index (χ0) is 26.9. The van der Waals surface area contributed by atoms with Gasteiger partial charge >= 0.3 is 0 Å². The van der Waals surface area contributed by atoms with Crippen LogP contribution >= 0.6 is 0 Å². The predicted molar refractivity (Wildman–Crippen MR) is 146 cm³/mol. The molecule has 2 aromatic rings. The number of carbonyl (C=O) groups is 1. The highest BCUT2D eigenvalue weighted by molar-refractivity contribution is 5.79. The maximum absolute atomic E-state index is 13.6. The lowest BCUT2D eigenvalue weighted by Crippen LogP contribution is -2.48. The van der Waals surface area contributed by atoms with E-state index >= 15 is 0 Å². The van der Waals surface area contributed by atoms with Gasteiger partial charge < -0.3 is 24.0 Å². The smallest absolute Gasteiger partial charge is 0.227 e. The molecule has 2 heterocycles. The summed E-state index contributed by atoms with van der Waals surface area (Å²) in [7, 11) is 0. The van der Waals surface area contributed by atoms with Gasteiger partial charge in [-0.15, -0.1) is 0 Å². The summed E-state index contributed by atoms with van der Waals surface area (Å²) in [5.41, 5.74) is 1.91. The van der Waals surface area contributed by atoms with Crippen molar-refractivity contribution in [3.05, 3.63) is 65.5 Å². The standard InChI is InChI=1S/C31H43FN2O4/c1-23(2)22-37-29-10-6-25(7-11-29)20-30(35)34(21-26-4-8-27(32)9-5-26)28-12-16-33(17-13-28)18-14-31-36-19-15-24(3)38-31/h4-11,23-24,28,31H,12-22H2,1-3H3. The van der Waals surface area contributed by atoms with E-state index in [1.807, 2.05) is 29.2 Å². The van der Waals surface area contributed by atoms with Crippen molar-refractivity contribution < 1.29 is 23.4 Å². The normalized spacial score (nSPS) is 21.0. The van der Waals surface area contributed by atoms with Crippen LogP contribution in [-0.2, 0) is 27.2 Å². The highest BCUT2D eigenvalue weighted by Gasteiger charge is 2.29. The van der Waals surface area contributed by atoms with Crippen molar-refractivity contribution in [3.8, 4) is 5.75 Å². The van der Waals surface area contributed by atoms with Crippen LogP contribution in [0.1, 0.15) is 57.6 Å². The van der Waals surface area contributed by atoms with Crippen LogP contribution in [0.2, 0.25) is 0 Å². The first-order valence-electron chi connectivity index (χ1n) is 14.1. The number of ether oxygens (including phenoxy) is 3. The van der Waals surface area contributed by atoms with Gasteiger partial charge in [0.05, 0.1) is 25.7 Å². The van der Waals surface area contributed by atoms with E-state index in [1.54, 1.807) is 12.1 Å². The minimum atomic E-state index is -0.264. The molecule has 0 aromatic heterocycles. The Balaban J connectivity index is 1.35. The van der Waals surface area contributed by atoms with E-state index in [4.69, 9.17) is 14.2 Å². The number of carbonyl (C=O) groups excluding carboxylic acids is 1. The van der Waals surface area contributed by atoms with Crippen molar-refractivity contribution in [2.24, 2.45) is 5.92 Å². The van der Waals surface area contributed by atoms with Crippen LogP contribution in [-0.4, -0.2) is 67.0 Å². The zero-order valence-corrected chi connectivity index (χ0v) is 23.1. The molecule has 2 aliphatic heterocycles. The minimum absolute atomic E-state index is 0.0987. The molecule has 2 unspecified atom stereocenters. The summed E-state index contributed by atoms with van der Waals surface area (Å²) in [6.45, 7) is 11.1. The second-order valence-corrected chi connectivity index (χ2v) is 11.1. The van der Waals surface area contributed by atoms with E-state index < -0.39 is 0 Å². The second-order valence-electron chi connectivity index (χ2n) is 11.1. The maximum atomic E-state index is 13.6. The highest BCUT2D eigenvalue weighted by atomic mass is 19.1. The van der Waals surface area contributed by atoms with Gasteiger partial charge in [0.25, 0.3) is 0 Å². The fourth-order valence-corrected chi connectivity index (χ4v) is 5.08. The Morgan fingerprint density at radius 3 is 2.39 bits per heavy atom. The molecule has 0 spiro atoms. The van der Waals surface area contributed by atoms with E-state index in [0.717, 1.165) is 68.8 Å². The van der Waals surface area contributed by atoms with Gasteiger partial charge in [-0.1, -0.05) is 38.1 Å². The molecular weight excluding hydrogens is 483 g/mol. The van der Waals surface area contributed by atoms with Crippen LogP contribution in [0.4, 0.5) is 4.39 Å². The number of nitrogens with zero attached hydrogens (tertiary/aromatic N) is 2. The van der Waals surface area contributed by atoms with Crippen LogP contribution in [0.25, 0.3) is 0 Å². The Bertz CT molecular complexity index is 990. The van der Waals surface area contributed by atoms with Crippen LogP contribution in [0.5, 0.6) is 5.75 Å². The van der Waals surface area contributed by atoms with Gasteiger partial charge in [0, 0.05) is 38.6 Å². The number of rotatable bonds is 11. The third-order valence-electron chi connectivity index (χ3n) is 7.34. The molecule has 208 valence electrons. The van der Waals surface area contributed by atoms with Crippen LogP contribution in [0.15, 0.2) is 48.5 Å². The van der Waals surface area contributed by atoms with Crippen molar-refractivity contribution in [2.45, 2.75) is 77.9 Å². The van der Waals surface area contributed by atoms with Crippen LogP contribution in [0, 0.1) is 11.7 Å². The van der Waals surface area contributed by atoms with Crippen LogP contribution in [0.3, 0.4) is 0 Å². The van der Waals surface area contributed by atoms with Crippen molar-refractivity contribution in [2.75, 3.05) is 32.8 Å². The molecule has 1 amide bonds. The number of likely N-dealkylation sites (tertiary alicyclic amines) is 1. The number of amides is 1. The van der Waals surface area contributed by atoms with E-state index in [9.17, 15) is 9.18 Å². The molecule has 0 N–H and O–H groups in total. The lowest BCUT2D eigenvalue weighted by Gasteiger charge is -2.39. The highest BCUT2D eigenvalue weighted by Crippen LogP contribution is 2.23. The molecule has 38 heavy (non-hydrogen) atoms. The van der Waals surface area contributed by atoms with Crippen molar-refractivity contribution in [1.82, 2.24) is 9.80 Å². The molecule has 0 aliphatic carbocycles. The Hall–Kier alpha value is -2.48. The number of hydrogen-bond acceptors (Lipinski definition) is 5. The maximum Gasteiger partial charge on any atom is 0.227 e. The molecule has 4 rings (SSSR count). The average Bonchev–Trinajstić information content (AvgIpc) is 2.91. The first kappa shape index (κ1) is 28.5. The summed E-state index contributed by atoms with van der Waals surface area (Å²) in [4.78, 5) is 18.0. The van der Waals surface area contributed by atoms with Gasteiger partial charge in [0.1, 0.15) is 11.6 Å². The Morgan fingerprint density at radius 2 is 1.74 bits per heavy atom.